The van der Waals surface area contributed by atoms with Gasteiger partial charge < -0.3 is 15.5 Å². The standard InChI is InChI=1S/C16H22ClN3OS/c1-16(2,3)14(21)19-15(22)18-12-8-6-7-11(17)13(12)20-9-4-5-10-20/h6-8H,4-5,9-10H2,1-3H3,(H2,18,19,21,22). The number of rotatable bonds is 2. The number of thiocarbonyl (C=S) groups is 1. The number of nitrogens with one attached hydrogen (secondary N) is 2. The predicted octanol–water partition coefficient (Wildman–Crippen LogP) is 3.80. The van der Waals surface area contributed by atoms with Crippen molar-refractivity contribution in [3.05, 3.63) is 23.2 Å². The van der Waals surface area contributed by atoms with Crippen molar-refractivity contribution in [1.29, 1.82) is 0 Å². The van der Waals surface area contributed by atoms with Gasteiger partial charge in [-0.3, -0.25) is 4.79 Å². The van der Waals surface area contributed by atoms with Crippen LogP contribution in [0.25, 0.3) is 0 Å². The highest BCUT2D eigenvalue weighted by atomic mass is 35.5. The Kier molecular flexibility index (Phi) is 5.29. The molecule has 0 radical (unpaired) electrons. The summed E-state index contributed by atoms with van der Waals surface area (Å²) in [5.41, 5.74) is 1.29. The monoisotopic (exact) mass is 339 g/mol. The number of nitrogens with zero attached hydrogens (tertiary/aromatic N) is 1. The lowest BCUT2D eigenvalue weighted by Crippen LogP contribution is -2.41. The van der Waals surface area contributed by atoms with E-state index in [-0.39, 0.29) is 5.91 Å². The molecule has 2 N–H and O–H groups in total. The third-order valence-electron chi connectivity index (χ3n) is 3.57. The highest BCUT2D eigenvalue weighted by Crippen LogP contribution is 2.35. The molecule has 1 aliphatic rings. The maximum absolute atomic E-state index is 12.0. The van der Waals surface area contributed by atoms with Gasteiger partial charge in [-0.05, 0) is 37.2 Å². The van der Waals surface area contributed by atoms with E-state index in [9.17, 15) is 4.79 Å². The fourth-order valence-electron chi connectivity index (χ4n) is 2.32. The second kappa shape index (κ2) is 6.84. The Morgan fingerprint density at radius 1 is 1.27 bits per heavy atom. The molecular weight excluding hydrogens is 318 g/mol. The number of anilines is 2. The van der Waals surface area contributed by atoms with Gasteiger partial charge >= 0.3 is 0 Å². The Bertz CT molecular complexity index is 577. The Balaban J connectivity index is 2.14. The van der Waals surface area contributed by atoms with E-state index in [1.54, 1.807) is 0 Å². The van der Waals surface area contributed by atoms with Crippen LogP contribution in [0.2, 0.25) is 5.02 Å². The fourth-order valence-corrected chi connectivity index (χ4v) is 2.82. The lowest BCUT2D eigenvalue weighted by Gasteiger charge is -2.24. The average molecular weight is 340 g/mol. The number of benzene rings is 1. The fraction of sp³-hybridized carbons (Fsp3) is 0.500. The van der Waals surface area contributed by atoms with E-state index in [0.29, 0.717) is 10.1 Å². The molecule has 0 unspecified atom stereocenters. The van der Waals surface area contributed by atoms with Crippen molar-refractivity contribution in [2.45, 2.75) is 33.6 Å². The van der Waals surface area contributed by atoms with Crippen LogP contribution < -0.4 is 15.5 Å². The minimum Gasteiger partial charge on any atom is -0.369 e. The molecule has 0 bridgehead atoms. The summed E-state index contributed by atoms with van der Waals surface area (Å²) < 4.78 is 0. The van der Waals surface area contributed by atoms with E-state index >= 15 is 0 Å². The Hall–Kier alpha value is -1.33. The van der Waals surface area contributed by atoms with Crippen molar-refractivity contribution >= 4 is 46.2 Å². The van der Waals surface area contributed by atoms with E-state index in [0.717, 1.165) is 37.3 Å². The highest BCUT2D eigenvalue weighted by Gasteiger charge is 2.23. The Morgan fingerprint density at radius 3 is 2.50 bits per heavy atom. The van der Waals surface area contributed by atoms with E-state index < -0.39 is 5.41 Å². The Morgan fingerprint density at radius 2 is 1.91 bits per heavy atom. The molecule has 1 aromatic carbocycles. The number of hydrogen-bond donors (Lipinski definition) is 2. The summed E-state index contributed by atoms with van der Waals surface area (Å²) in [5, 5.41) is 6.82. The molecular formula is C16H22ClN3OS. The summed E-state index contributed by atoms with van der Waals surface area (Å²) in [6.45, 7) is 7.51. The van der Waals surface area contributed by atoms with Crippen LogP contribution in [-0.2, 0) is 4.79 Å². The molecule has 1 fully saturated rings. The van der Waals surface area contributed by atoms with Crippen LogP contribution in [0.1, 0.15) is 33.6 Å². The summed E-state index contributed by atoms with van der Waals surface area (Å²) in [4.78, 5) is 14.2. The minimum atomic E-state index is -0.488. The van der Waals surface area contributed by atoms with Gasteiger partial charge in [0.2, 0.25) is 5.91 Å². The number of amides is 1. The van der Waals surface area contributed by atoms with Crippen LogP contribution in [-0.4, -0.2) is 24.1 Å². The average Bonchev–Trinajstić information content (AvgIpc) is 2.91. The third kappa shape index (κ3) is 4.11. The Labute approximate surface area is 142 Å². The van der Waals surface area contributed by atoms with E-state index in [2.05, 4.69) is 15.5 Å². The van der Waals surface area contributed by atoms with Gasteiger partial charge in [-0.15, -0.1) is 0 Å². The van der Waals surface area contributed by atoms with Gasteiger partial charge in [-0.1, -0.05) is 38.4 Å². The quantitative estimate of drug-likeness (QED) is 0.804. The summed E-state index contributed by atoms with van der Waals surface area (Å²) in [6.07, 6.45) is 2.33. The molecule has 0 spiro atoms. The molecule has 1 heterocycles. The van der Waals surface area contributed by atoms with Gasteiger partial charge in [0.25, 0.3) is 0 Å². The molecule has 1 aromatic rings. The van der Waals surface area contributed by atoms with Crippen molar-refractivity contribution < 1.29 is 4.79 Å². The number of para-hydroxylation sites is 1. The van der Waals surface area contributed by atoms with Crippen molar-refractivity contribution in [1.82, 2.24) is 5.32 Å². The minimum absolute atomic E-state index is 0.116. The first kappa shape index (κ1) is 17.0. The predicted molar refractivity (Wildman–Crippen MR) is 96.7 cm³/mol. The first-order chi connectivity index (χ1) is 10.3. The normalized spacial score (nSPS) is 14.8. The summed E-state index contributed by atoms with van der Waals surface area (Å²) in [6, 6.07) is 5.67. The number of carbonyl (C=O) groups excluding carboxylic acids is 1. The second-order valence-corrected chi connectivity index (χ2v) is 7.30. The molecule has 1 amide bonds. The number of carbonyl (C=O) groups is 1. The van der Waals surface area contributed by atoms with Crippen molar-refractivity contribution in [2.24, 2.45) is 5.41 Å². The van der Waals surface area contributed by atoms with Crippen LogP contribution in [0.3, 0.4) is 0 Å². The van der Waals surface area contributed by atoms with Gasteiger partial charge in [0.1, 0.15) is 0 Å². The van der Waals surface area contributed by atoms with E-state index in [4.69, 9.17) is 23.8 Å². The van der Waals surface area contributed by atoms with Crippen molar-refractivity contribution in [3.8, 4) is 0 Å². The van der Waals surface area contributed by atoms with Gasteiger partial charge in [-0.25, -0.2) is 0 Å². The molecule has 120 valence electrons. The molecule has 1 aliphatic heterocycles. The molecule has 22 heavy (non-hydrogen) atoms. The third-order valence-corrected chi connectivity index (χ3v) is 4.07. The first-order valence-corrected chi connectivity index (χ1v) is 8.23. The highest BCUT2D eigenvalue weighted by molar-refractivity contribution is 7.80. The van der Waals surface area contributed by atoms with Crippen LogP contribution >= 0.6 is 23.8 Å². The van der Waals surface area contributed by atoms with Crippen LogP contribution in [0.4, 0.5) is 11.4 Å². The first-order valence-electron chi connectivity index (χ1n) is 7.45. The maximum Gasteiger partial charge on any atom is 0.231 e. The number of hydrogen-bond acceptors (Lipinski definition) is 3. The zero-order valence-corrected chi connectivity index (χ0v) is 14.8. The van der Waals surface area contributed by atoms with Crippen LogP contribution in [0.15, 0.2) is 18.2 Å². The smallest absolute Gasteiger partial charge is 0.231 e. The molecule has 2 rings (SSSR count). The molecule has 0 atom stereocenters. The van der Waals surface area contributed by atoms with Gasteiger partial charge in [0, 0.05) is 18.5 Å². The van der Waals surface area contributed by atoms with Gasteiger partial charge in [0.15, 0.2) is 5.11 Å². The van der Waals surface area contributed by atoms with Crippen LogP contribution in [0, 0.1) is 5.41 Å². The maximum atomic E-state index is 12.0. The SMILES string of the molecule is CC(C)(C)C(=O)NC(=S)Nc1cccc(Cl)c1N1CCCC1. The molecule has 4 nitrogen and oxygen atoms in total. The largest absolute Gasteiger partial charge is 0.369 e. The van der Waals surface area contributed by atoms with Gasteiger partial charge in [-0.2, -0.15) is 0 Å². The van der Waals surface area contributed by atoms with Crippen LogP contribution in [0.5, 0.6) is 0 Å². The molecule has 6 heteroatoms. The molecule has 0 saturated carbocycles. The zero-order chi connectivity index (χ0) is 16.3. The molecule has 0 aromatic heterocycles. The van der Waals surface area contributed by atoms with Gasteiger partial charge in [0.05, 0.1) is 16.4 Å². The molecule has 0 aliphatic carbocycles. The van der Waals surface area contributed by atoms with Crippen molar-refractivity contribution in [2.75, 3.05) is 23.3 Å². The lowest BCUT2D eigenvalue weighted by molar-refractivity contribution is -0.126. The summed E-state index contributed by atoms with van der Waals surface area (Å²) in [7, 11) is 0. The van der Waals surface area contributed by atoms with E-state index in [1.165, 1.54) is 0 Å². The summed E-state index contributed by atoms with van der Waals surface area (Å²) >= 11 is 11.6. The summed E-state index contributed by atoms with van der Waals surface area (Å²) in [5.74, 6) is -0.116. The molecule has 1 saturated heterocycles. The van der Waals surface area contributed by atoms with Crippen molar-refractivity contribution in [3.63, 3.8) is 0 Å². The number of halogens is 1. The van der Waals surface area contributed by atoms with E-state index in [1.807, 2.05) is 39.0 Å². The topological polar surface area (TPSA) is 44.4 Å². The second-order valence-electron chi connectivity index (χ2n) is 6.49. The zero-order valence-electron chi connectivity index (χ0n) is 13.2. The lowest BCUT2D eigenvalue weighted by atomic mass is 9.96.